The number of nitrogens with zero attached hydrogens (tertiary/aromatic N) is 5. The fourth-order valence-corrected chi connectivity index (χ4v) is 3.69. The molecule has 1 aliphatic heterocycles. The predicted molar refractivity (Wildman–Crippen MR) is 94.7 cm³/mol. The summed E-state index contributed by atoms with van der Waals surface area (Å²) in [5, 5.41) is 12.6. The molecular weight excluding hydrogens is 348 g/mol. The van der Waals surface area contributed by atoms with Crippen LogP contribution in [0.25, 0.3) is 17.3 Å². The summed E-state index contributed by atoms with van der Waals surface area (Å²) in [6.07, 6.45) is 3.91. The predicted octanol–water partition coefficient (Wildman–Crippen LogP) is 2.12. The standard InChI is InChI=1S/C18H20N6O3/c1-11-15(16-20-17(22-27-16)18(19)6-2-3-7-18)21-23-24(11)12-4-5-13-14(10-12)26-9-8-25-13/h4-5,10H,2-3,6-9,19H2,1H3. The van der Waals surface area contributed by atoms with Gasteiger partial charge in [-0.05, 0) is 31.9 Å². The number of hydrogen-bond donors (Lipinski definition) is 1. The van der Waals surface area contributed by atoms with Crippen molar-refractivity contribution in [2.45, 2.75) is 38.1 Å². The van der Waals surface area contributed by atoms with Crippen LogP contribution in [0.15, 0.2) is 22.7 Å². The van der Waals surface area contributed by atoms with Crippen molar-refractivity contribution in [3.8, 4) is 28.8 Å². The minimum absolute atomic E-state index is 0.336. The summed E-state index contributed by atoms with van der Waals surface area (Å²) < 4.78 is 18.4. The molecule has 3 aromatic rings. The minimum Gasteiger partial charge on any atom is -0.486 e. The number of aromatic nitrogens is 5. The summed E-state index contributed by atoms with van der Waals surface area (Å²) in [5.74, 6) is 2.31. The normalized spacial score (nSPS) is 18.0. The molecule has 2 aromatic heterocycles. The topological polar surface area (TPSA) is 114 Å². The summed E-state index contributed by atoms with van der Waals surface area (Å²) in [6, 6.07) is 5.66. The van der Waals surface area contributed by atoms with Gasteiger partial charge in [-0.2, -0.15) is 4.98 Å². The average Bonchev–Trinajstić information content (AvgIpc) is 3.41. The molecule has 2 N–H and O–H groups in total. The summed E-state index contributed by atoms with van der Waals surface area (Å²) in [5.41, 5.74) is 8.08. The van der Waals surface area contributed by atoms with Crippen molar-refractivity contribution in [1.82, 2.24) is 25.1 Å². The van der Waals surface area contributed by atoms with E-state index in [1.165, 1.54) is 0 Å². The van der Waals surface area contributed by atoms with Crippen LogP contribution in [0.5, 0.6) is 11.5 Å². The van der Waals surface area contributed by atoms with E-state index in [1.807, 2.05) is 25.1 Å². The average molecular weight is 368 g/mol. The first-order valence-corrected chi connectivity index (χ1v) is 9.10. The first kappa shape index (κ1) is 16.2. The van der Waals surface area contributed by atoms with Crippen molar-refractivity contribution >= 4 is 0 Å². The van der Waals surface area contributed by atoms with Crippen molar-refractivity contribution in [2.75, 3.05) is 13.2 Å². The number of ether oxygens (including phenoxy) is 2. The van der Waals surface area contributed by atoms with Crippen LogP contribution in [0.1, 0.15) is 37.2 Å². The lowest BCUT2D eigenvalue weighted by Crippen LogP contribution is -2.34. The zero-order valence-corrected chi connectivity index (χ0v) is 15.0. The van der Waals surface area contributed by atoms with Crippen LogP contribution in [0.3, 0.4) is 0 Å². The van der Waals surface area contributed by atoms with Crippen LogP contribution >= 0.6 is 0 Å². The molecule has 1 saturated carbocycles. The lowest BCUT2D eigenvalue weighted by molar-refractivity contribution is 0.171. The molecule has 2 aliphatic rings. The van der Waals surface area contributed by atoms with E-state index in [-0.39, 0.29) is 0 Å². The van der Waals surface area contributed by atoms with E-state index in [1.54, 1.807) is 4.68 Å². The van der Waals surface area contributed by atoms with Gasteiger partial charge in [-0.1, -0.05) is 23.2 Å². The zero-order chi connectivity index (χ0) is 18.4. The number of rotatable bonds is 3. The molecule has 0 bridgehead atoms. The van der Waals surface area contributed by atoms with E-state index in [9.17, 15) is 0 Å². The van der Waals surface area contributed by atoms with Crippen LogP contribution in [0, 0.1) is 6.92 Å². The Morgan fingerprint density at radius 1 is 1.11 bits per heavy atom. The van der Waals surface area contributed by atoms with Crippen molar-refractivity contribution in [3.05, 3.63) is 29.7 Å². The third-order valence-electron chi connectivity index (χ3n) is 5.23. The maximum Gasteiger partial charge on any atom is 0.280 e. The van der Waals surface area contributed by atoms with E-state index in [0.717, 1.165) is 42.8 Å². The molecular formula is C18H20N6O3. The van der Waals surface area contributed by atoms with Crippen LogP contribution in [-0.2, 0) is 5.54 Å². The molecule has 9 nitrogen and oxygen atoms in total. The van der Waals surface area contributed by atoms with E-state index >= 15 is 0 Å². The third-order valence-corrected chi connectivity index (χ3v) is 5.23. The summed E-state index contributed by atoms with van der Waals surface area (Å²) in [4.78, 5) is 4.51. The molecule has 9 heteroatoms. The van der Waals surface area contributed by atoms with Gasteiger partial charge in [-0.15, -0.1) is 5.10 Å². The number of nitrogens with two attached hydrogens (primary N) is 1. The van der Waals surface area contributed by atoms with Crippen molar-refractivity contribution in [1.29, 1.82) is 0 Å². The van der Waals surface area contributed by atoms with Gasteiger partial charge < -0.3 is 19.7 Å². The zero-order valence-electron chi connectivity index (χ0n) is 15.0. The molecule has 1 aliphatic carbocycles. The summed E-state index contributed by atoms with van der Waals surface area (Å²) >= 11 is 0. The largest absolute Gasteiger partial charge is 0.486 e. The molecule has 0 atom stereocenters. The van der Waals surface area contributed by atoms with Gasteiger partial charge in [0.1, 0.15) is 13.2 Å². The molecule has 0 saturated heterocycles. The number of fused-ring (bicyclic) bond motifs is 1. The molecule has 5 rings (SSSR count). The van der Waals surface area contributed by atoms with Crippen molar-refractivity contribution in [2.24, 2.45) is 5.73 Å². The highest BCUT2D eigenvalue weighted by molar-refractivity contribution is 5.54. The Morgan fingerprint density at radius 2 is 1.89 bits per heavy atom. The number of hydrogen-bond acceptors (Lipinski definition) is 8. The number of benzene rings is 1. The Kier molecular flexibility index (Phi) is 3.64. The van der Waals surface area contributed by atoms with Gasteiger partial charge in [0.05, 0.1) is 16.9 Å². The van der Waals surface area contributed by atoms with E-state index in [0.29, 0.717) is 36.4 Å². The van der Waals surface area contributed by atoms with Gasteiger partial charge in [0.25, 0.3) is 5.89 Å². The maximum absolute atomic E-state index is 6.42. The molecule has 140 valence electrons. The van der Waals surface area contributed by atoms with Crippen LogP contribution in [0.4, 0.5) is 0 Å². The second-order valence-corrected chi connectivity index (χ2v) is 7.05. The van der Waals surface area contributed by atoms with Gasteiger partial charge in [-0.25, -0.2) is 4.68 Å². The van der Waals surface area contributed by atoms with Gasteiger partial charge in [0.2, 0.25) is 0 Å². The Balaban J connectivity index is 1.48. The lowest BCUT2D eigenvalue weighted by Gasteiger charge is -2.18. The summed E-state index contributed by atoms with van der Waals surface area (Å²) in [6.45, 7) is 2.99. The van der Waals surface area contributed by atoms with Crippen molar-refractivity contribution in [3.63, 3.8) is 0 Å². The van der Waals surface area contributed by atoms with Gasteiger partial charge in [-0.3, -0.25) is 0 Å². The van der Waals surface area contributed by atoms with Crippen molar-refractivity contribution < 1.29 is 14.0 Å². The first-order valence-electron chi connectivity index (χ1n) is 9.10. The fourth-order valence-electron chi connectivity index (χ4n) is 3.69. The highest BCUT2D eigenvalue weighted by Crippen LogP contribution is 2.36. The molecule has 0 radical (unpaired) electrons. The highest BCUT2D eigenvalue weighted by atomic mass is 16.6. The van der Waals surface area contributed by atoms with E-state index in [4.69, 9.17) is 19.7 Å². The second kappa shape index (κ2) is 6.05. The summed E-state index contributed by atoms with van der Waals surface area (Å²) in [7, 11) is 0. The smallest absolute Gasteiger partial charge is 0.280 e. The van der Waals surface area contributed by atoms with Gasteiger partial charge >= 0.3 is 0 Å². The maximum atomic E-state index is 6.42. The molecule has 1 fully saturated rings. The first-order chi connectivity index (χ1) is 13.1. The SMILES string of the molecule is Cc1c(-c2nc(C3(N)CCCC3)no2)nnn1-c1ccc2c(c1)OCCO2. The fraction of sp³-hybridized carbons (Fsp3) is 0.444. The molecule has 1 aromatic carbocycles. The Labute approximate surface area is 155 Å². The monoisotopic (exact) mass is 368 g/mol. The third kappa shape index (κ3) is 2.66. The Bertz CT molecular complexity index is 989. The van der Waals surface area contributed by atoms with Crippen LogP contribution < -0.4 is 15.2 Å². The van der Waals surface area contributed by atoms with Crippen LogP contribution in [0.2, 0.25) is 0 Å². The second-order valence-electron chi connectivity index (χ2n) is 7.05. The molecule has 0 amide bonds. The highest BCUT2D eigenvalue weighted by Gasteiger charge is 2.36. The molecule has 0 spiro atoms. The van der Waals surface area contributed by atoms with E-state index < -0.39 is 5.54 Å². The van der Waals surface area contributed by atoms with E-state index in [2.05, 4.69) is 20.5 Å². The Hall–Kier alpha value is -2.94. The molecule has 0 unspecified atom stereocenters. The minimum atomic E-state index is -0.499. The Morgan fingerprint density at radius 3 is 2.70 bits per heavy atom. The van der Waals surface area contributed by atoms with Crippen LogP contribution in [-0.4, -0.2) is 38.3 Å². The lowest BCUT2D eigenvalue weighted by atomic mass is 9.99. The van der Waals surface area contributed by atoms with Gasteiger partial charge in [0.15, 0.2) is 23.0 Å². The molecule has 27 heavy (non-hydrogen) atoms. The molecule has 3 heterocycles. The van der Waals surface area contributed by atoms with Gasteiger partial charge in [0, 0.05) is 6.07 Å². The quantitative estimate of drug-likeness (QED) is 0.748.